The number of rotatable bonds is 41. The minimum atomic E-state index is -5.12. The first-order valence-corrected chi connectivity index (χ1v) is 26.1. The predicted molar refractivity (Wildman–Crippen MR) is 244 cm³/mol. The molecule has 1 aliphatic rings. The fourth-order valence-corrected chi connectivity index (χ4v) is 8.53. The van der Waals surface area contributed by atoms with Crippen molar-refractivity contribution in [3.63, 3.8) is 0 Å². The summed E-state index contributed by atoms with van der Waals surface area (Å²) in [4.78, 5) is 35.8. The van der Waals surface area contributed by atoms with Gasteiger partial charge < -0.3 is 39.9 Å². The van der Waals surface area contributed by atoms with Crippen LogP contribution in [0.5, 0.6) is 0 Å². The Labute approximate surface area is 375 Å². The third-order valence-electron chi connectivity index (χ3n) is 11.5. The summed E-state index contributed by atoms with van der Waals surface area (Å²) in [6.07, 6.45) is 29.3. The Morgan fingerprint density at radius 3 is 1.34 bits per heavy atom. The highest BCUT2D eigenvalue weighted by molar-refractivity contribution is 7.47. The van der Waals surface area contributed by atoms with Gasteiger partial charge in [-0.25, -0.2) is 4.57 Å². The van der Waals surface area contributed by atoms with E-state index in [1.54, 1.807) is 0 Å². The molecule has 6 unspecified atom stereocenters. The molecule has 14 heteroatoms. The zero-order chi connectivity index (χ0) is 45.7. The number of allylic oxidation sites excluding steroid dienone is 4. The Morgan fingerprint density at radius 1 is 0.500 bits per heavy atom. The fourth-order valence-electron chi connectivity index (χ4n) is 7.55. The molecular formula is C48H89O13P. The molecule has 0 bridgehead atoms. The van der Waals surface area contributed by atoms with E-state index in [2.05, 4.69) is 38.2 Å². The number of unbranched alkanes of at least 4 members (excludes halogenated alkanes) is 25. The van der Waals surface area contributed by atoms with Crippen LogP contribution in [0.2, 0.25) is 0 Å². The van der Waals surface area contributed by atoms with E-state index in [4.69, 9.17) is 18.5 Å². The van der Waals surface area contributed by atoms with Crippen LogP contribution in [0, 0.1) is 0 Å². The Kier molecular flexibility index (Phi) is 36.3. The van der Waals surface area contributed by atoms with Crippen molar-refractivity contribution in [1.82, 2.24) is 0 Å². The van der Waals surface area contributed by atoms with E-state index < -0.39 is 75.7 Å². The zero-order valence-electron chi connectivity index (χ0n) is 38.7. The monoisotopic (exact) mass is 905 g/mol. The van der Waals surface area contributed by atoms with Gasteiger partial charge in [0.15, 0.2) is 6.10 Å². The predicted octanol–water partition coefficient (Wildman–Crippen LogP) is 10.0. The average Bonchev–Trinajstić information content (AvgIpc) is 3.25. The molecule has 1 aliphatic carbocycles. The first kappa shape index (κ1) is 58.3. The number of esters is 2. The van der Waals surface area contributed by atoms with Crippen molar-refractivity contribution in [2.24, 2.45) is 0 Å². The van der Waals surface area contributed by atoms with Gasteiger partial charge in [-0.3, -0.25) is 18.6 Å². The van der Waals surface area contributed by atoms with E-state index in [1.165, 1.54) is 109 Å². The van der Waals surface area contributed by atoms with Crippen LogP contribution in [0.15, 0.2) is 24.3 Å². The lowest BCUT2D eigenvalue weighted by molar-refractivity contribution is -0.220. The molecule has 6 N–H and O–H groups in total. The lowest BCUT2D eigenvalue weighted by Gasteiger charge is -2.41. The molecule has 62 heavy (non-hydrogen) atoms. The second-order valence-electron chi connectivity index (χ2n) is 17.3. The highest BCUT2D eigenvalue weighted by Gasteiger charge is 2.51. The highest BCUT2D eigenvalue weighted by atomic mass is 31.2. The molecule has 0 aromatic rings. The van der Waals surface area contributed by atoms with Gasteiger partial charge in [-0.2, -0.15) is 0 Å². The quantitative estimate of drug-likeness (QED) is 0.0146. The van der Waals surface area contributed by atoms with Crippen LogP contribution < -0.4 is 0 Å². The molecule has 1 rings (SSSR count). The van der Waals surface area contributed by atoms with Crippen LogP contribution in [0.25, 0.3) is 0 Å². The number of hydrogen-bond donors (Lipinski definition) is 6. The van der Waals surface area contributed by atoms with Crippen LogP contribution in [0.3, 0.4) is 0 Å². The van der Waals surface area contributed by atoms with Crippen LogP contribution in [-0.2, 0) is 32.7 Å². The molecule has 0 aliphatic heterocycles. The van der Waals surface area contributed by atoms with Crippen molar-refractivity contribution in [2.75, 3.05) is 13.2 Å². The van der Waals surface area contributed by atoms with Crippen molar-refractivity contribution in [3.05, 3.63) is 24.3 Å². The van der Waals surface area contributed by atoms with E-state index >= 15 is 0 Å². The third kappa shape index (κ3) is 30.5. The molecule has 0 aromatic heterocycles. The molecular weight excluding hydrogens is 815 g/mol. The number of ether oxygens (including phenoxy) is 2. The molecule has 364 valence electrons. The SMILES string of the molecule is CCCCC/C=C\C/C=C\CCCCCCCCCC(=O)OC[C@H](COP(=O)(O)OC1C(O)C(O)C(O)[C@@H](O)C1O)OC(=O)CCCCCCCCCCCCCCCCCC. The van der Waals surface area contributed by atoms with Crippen molar-refractivity contribution in [3.8, 4) is 0 Å². The Bertz CT molecular complexity index is 1180. The van der Waals surface area contributed by atoms with E-state index in [9.17, 15) is 44.6 Å². The number of hydrogen-bond acceptors (Lipinski definition) is 12. The summed E-state index contributed by atoms with van der Waals surface area (Å²) < 4.78 is 33.6. The highest BCUT2D eigenvalue weighted by Crippen LogP contribution is 2.47. The lowest BCUT2D eigenvalue weighted by Crippen LogP contribution is -2.64. The van der Waals surface area contributed by atoms with E-state index in [-0.39, 0.29) is 12.8 Å². The van der Waals surface area contributed by atoms with Crippen molar-refractivity contribution < 1.29 is 63.1 Å². The maximum Gasteiger partial charge on any atom is 0.472 e. The molecule has 13 nitrogen and oxygen atoms in total. The molecule has 0 saturated heterocycles. The van der Waals surface area contributed by atoms with E-state index in [0.717, 1.165) is 64.2 Å². The van der Waals surface area contributed by atoms with Crippen LogP contribution in [-0.4, -0.2) is 98.3 Å². The molecule has 0 spiro atoms. The van der Waals surface area contributed by atoms with E-state index in [1.807, 2.05) is 0 Å². The standard InChI is InChI=1S/C48H89O13P/c1-3-5-7-9-11-13-15-17-19-21-23-24-26-28-30-32-34-36-41(49)58-38-40(39-59-62(56,57)61-48-46(54)44(52)43(51)45(53)47(48)55)60-42(50)37-35-33-31-29-27-25-22-20-18-16-14-12-10-8-6-4-2/h11,13,17,19,40,43-48,51-55H,3-10,12,14-16,18,20-39H2,1-2H3,(H,56,57)/b13-11-,19-17-/t40-,43?,44-,45?,46?,47?,48?/m1/s1. The number of phosphoric ester groups is 1. The fraction of sp³-hybridized carbons (Fsp3) is 0.875. The molecule has 1 fully saturated rings. The Balaban J connectivity index is 2.42. The summed E-state index contributed by atoms with van der Waals surface area (Å²) >= 11 is 0. The molecule has 0 heterocycles. The van der Waals surface area contributed by atoms with Gasteiger partial charge in [-0.1, -0.05) is 179 Å². The van der Waals surface area contributed by atoms with Gasteiger partial charge in [0.2, 0.25) is 0 Å². The van der Waals surface area contributed by atoms with Crippen molar-refractivity contribution >= 4 is 19.8 Å². The first-order chi connectivity index (χ1) is 29.9. The smallest absolute Gasteiger partial charge is 0.462 e. The summed E-state index contributed by atoms with van der Waals surface area (Å²) in [5, 5.41) is 50.2. The number of phosphoric acid groups is 1. The maximum absolute atomic E-state index is 12.8. The van der Waals surface area contributed by atoms with Crippen molar-refractivity contribution in [2.45, 2.75) is 256 Å². The second kappa shape index (κ2) is 38.6. The Morgan fingerprint density at radius 2 is 0.871 bits per heavy atom. The second-order valence-corrected chi connectivity index (χ2v) is 18.7. The van der Waals surface area contributed by atoms with Crippen LogP contribution in [0.4, 0.5) is 0 Å². The number of aliphatic hydroxyl groups is 5. The normalized spacial score (nSPS) is 22.0. The van der Waals surface area contributed by atoms with E-state index in [0.29, 0.717) is 12.8 Å². The van der Waals surface area contributed by atoms with Gasteiger partial charge in [0, 0.05) is 12.8 Å². The lowest BCUT2D eigenvalue weighted by atomic mass is 9.85. The molecule has 1 saturated carbocycles. The summed E-state index contributed by atoms with van der Waals surface area (Å²) in [7, 11) is -5.12. The van der Waals surface area contributed by atoms with Crippen LogP contribution in [0.1, 0.15) is 213 Å². The van der Waals surface area contributed by atoms with Gasteiger partial charge in [0.25, 0.3) is 0 Å². The largest absolute Gasteiger partial charge is 0.472 e. The van der Waals surface area contributed by atoms with Gasteiger partial charge in [0.1, 0.15) is 43.2 Å². The van der Waals surface area contributed by atoms with Gasteiger partial charge in [0.05, 0.1) is 6.61 Å². The third-order valence-corrected chi connectivity index (χ3v) is 12.5. The molecule has 8 atom stereocenters. The number of aliphatic hydroxyl groups excluding tert-OH is 5. The van der Waals surface area contributed by atoms with Crippen LogP contribution >= 0.6 is 7.82 Å². The summed E-state index contributed by atoms with van der Waals surface area (Å²) in [6.45, 7) is 3.29. The molecule has 0 aromatic carbocycles. The van der Waals surface area contributed by atoms with Gasteiger partial charge in [-0.15, -0.1) is 0 Å². The first-order valence-electron chi connectivity index (χ1n) is 24.6. The topological polar surface area (TPSA) is 210 Å². The zero-order valence-corrected chi connectivity index (χ0v) is 39.6. The van der Waals surface area contributed by atoms with Gasteiger partial charge >= 0.3 is 19.8 Å². The summed E-state index contributed by atoms with van der Waals surface area (Å²) in [5.41, 5.74) is 0. The minimum Gasteiger partial charge on any atom is -0.462 e. The maximum atomic E-state index is 12.8. The molecule has 0 radical (unpaired) electrons. The van der Waals surface area contributed by atoms with Gasteiger partial charge in [-0.05, 0) is 44.9 Å². The average molecular weight is 905 g/mol. The number of carbonyl (C=O) groups excluding carboxylic acids is 2. The summed E-state index contributed by atoms with van der Waals surface area (Å²) in [6, 6.07) is 0. The Hall–Kier alpha value is -1.67. The summed E-state index contributed by atoms with van der Waals surface area (Å²) in [5.74, 6) is -1.10. The molecule has 0 amide bonds. The number of carbonyl (C=O) groups is 2. The minimum absolute atomic E-state index is 0.0995. The van der Waals surface area contributed by atoms with Crippen molar-refractivity contribution in [1.29, 1.82) is 0 Å².